The molecule has 1 unspecified atom stereocenters. The molecule has 2 aliphatic heterocycles. The van der Waals surface area contributed by atoms with Gasteiger partial charge in [-0.1, -0.05) is 12.1 Å². The third kappa shape index (κ3) is 3.41. The lowest BCUT2D eigenvalue weighted by Gasteiger charge is -2.24. The summed E-state index contributed by atoms with van der Waals surface area (Å²) in [6.45, 7) is 4.14. The van der Waals surface area contributed by atoms with Gasteiger partial charge in [0.15, 0.2) is 0 Å². The molecule has 2 saturated heterocycles. The minimum Gasteiger partial charge on any atom is -0.340 e. The molecule has 1 atom stereocenters. The van der Waals surface area contributed by atoms with Gasteiger partial charge in [0.25, 0.3) is 5.91 Å². The standard InChI is InChI=1S/C18H23FN4O3/c1-18(13-4-6-14(19)7-5-13)16(25)23(17(26)20-18)12-15(24)22-9-3-8-21(2)10-11-22/h4-7H,3,8-12H2,1-2H3,(H,20,26). The molecule has 2 aliphatic rings. The third-order valence-corrected chi connectivity index (χ3v) is 5.06. The van der Waals surface area contributed by atoms with Crippen molar-refractivity contribution >= 4 is 17.8 Å². The van der Waals surface area contributed by atoms with Gasteiger partial charge in [0.1, 0.15) is 17.9 Å². The molecule has 0 bridgehead atoms. The summed E-state index contributed by atoms with van der Waals surface area (Å²) >= 11 is 0. The van der Waals surface area contributed by atoms with E-state index in [2.05, 4.69) is 10.2 Å². The molecule has 140 valence electrons. The zero-order valence-electron chi connectivity index (χ0n) is 15.0. The molecular weight excluding hydrogens is 339 g/mol. The van der Waals surface area contributed by atoms with Crippen LogP contribution in [0.25, 0.3) is 0 Å². The van der Waals surface area contributed by atoms with Gasteiger partial charge in [0, 0.05) is 19.6 Å². The lowest BCUT2D eigenvalue weighted by atomic mass is 9.92. The molecule has 8 heteroatoms. The van der Waals surface area contributed by atoms with Crippen LogP contribution in [0.3, 0.4) is 0 Å². The first kappa shape index (κ1) is 18.3. The average molecular weight is 362 g/mol. The van der Waals surface area contributed by atoms with Crippen LogP contribution in [-0.2, 0) is 15.1 Å². The minimum atomic E-state index is -1.30. The Morgan fingerprint density at radius 1 is 1.15 bits per heavy atom. The van der Waals surface area contributed by atoms with Crippen molar-refractivity contribution in [2.75, 3.05) is 39.8 Å². The van der Waals surface area contributed by atoms with Crippen LogP contribution in [0.2, 0.25) is 0 Å². The number of nitrogens with one attached hydrogen (secondary N) is 1. The normalized spacial score (nSPS) is 24.6. The minimum absolute atomic E-state index is 0.243. The van der Waals surface area contributed by atoms with Crippen molar-refractivity contribution in [1.82, 2.24) is 20.0 Å². The Morgan fingerprint density at radius 2 is 1.85 bits per heavy atom. The zero-order chi connectivity index (χ0) is 18.9. The Kier molecular flexibility index (Phi) is 4.95. The van der Waals surface area contributed by atoms with E-state index in [1.807, 2.05) is 7.05 Å². The number of hydrogen-bond donors (Lipinski definition) is 1. The summed E-state index contributed by atoms with van der Waals surface area (Å²) in [6, 6.07) is 4.79. The molecule has 1 aromatic rings. The number of hydrogen-bond acceptors (Lipinski definition) is 4. The van der Waals surface area contributed by atoms with Gasteiger partial charge in [0.2, 0.25) is 5.91 Å². The van der Waals surface area contributed by atoms with Crippen LogP contribution in [0.15, 0.2) is 24.3 Å². The predicted octanol–water partition coefficient (Wildman–Crippen LogP) is 0.757. The highest BCUT2D eigenvalue weighted by Crippen LogP contribution is 2.28. The number of halogens is 1. The quantitative estimate of drug-likeness (QED) is 0.806. The Bertz CT molecular complexity index is 724. The number of nitrogens with zero attached hydrogens (tertiary/aromatic N) is 3. The smallest absolute Gasteiger partial charge is 0.325 e. The molecule has 2 heterocycles. The van der Waals surface area contributed by atoms with E-state index in [-0.39, 0.29) is 12.5 Å². The summed E-state index contributed by atoms with van der Waals surface area (Å²) in [4.78, 5) is 42.5. The number of rotatable bonds is 3. The van der Waals surface area contributed by atoms with E-state index in [1.165, 1.54) is 24.3 Å². The fourth-order valence-electron chi connectivity index (χ4n) is 3.35. The summed E-state index contributed by atoms with van der Waals surface area (Å²) in [5.41, 5.74) is -0.826. The molecule has 26 heavy (non-hydrogen) atoms. The van der Waals surface area contributed by atoms with Crippen LogP contribution in [0.5, 0.6) is 0 Å². The third-order valence-electron chi connectivity index (χ3n) is 5.06. The average Bonchev–Trinajstić information content (AvgIpc) is 2.76. The summed E-state index contributed by atoms with van der Waals surface area (Å²) < 4.78 is 13.2. The molecule has 7 nitrogen and oxygen atoms in total. The number of urea groups is 1. The van der Waals surface area contributed by atoms with E-state index < -0.39 is 23.3 Å². The van der Waals surface area contributed by atoms with Crippen LogP contribution in [-0.4, -0.2) is 72.3 Å². The van der Waals surface area contributed by atoms with Gasteiger partial charge in [-0.25, -0.2) is 9.18 Å². The van der Waals surface area contributed by atoms with Crippen molar-refractivity contribution in [3.05, 3.63) is 35.6 Å². The van der Waals surface area contributed by atoms with E-state index >= 15 is 0 Å². The molecule has 0 aliphatic carbocycles. The van der Waals surface area contributed by atoms with Gasteiger partial charge in [-0.2, -0.15) is 0 Å². The highest BCUT2D eigenvalue weighted by molar-refractivity contribution is 6.09. The first-order valence-corrected chi connectivity index (χ1v) is 8.68. The second-order valence-corrected chi connectivity index (χ2v) is 6.99. The van der Waals surface area contributed by atoms with Gasteiger partial charge in [-0.3, -0.25) is 14.5 Å². The highest BCUT2D eigenvalue weighted by Gasteiger charge is 2.49. The number of benzene rings is 1. The fraction of sp³-hybridized carbons (Fsp3) is 0.500. The molecule has 1 N–H and O–H groups in total. The van der Waals surface area contributed by atoms with E-state index in [0.717, 1.165) is 24.4 Å². The van der Waals surface area contributed by atoms with Crippen molar-refractivity contribution in [1.29, 1.82) is 0 Å². The second-order valence-electron chi connectivity index (χ2n) is 6.99. The van der Waals surface area contributed by atoms with Crippen molar-refractivity contribution in [3.8, 4) is 0 Å². The Balaban J connectivity index is 1.72. The van der Waals surface area contributed by atoms with E-state index in [1.54, 1.807) is 11.8 Å². The van der Waals surface area contributed by atoms with Crippen LogP contribution < -0.4 is 5.32 Å². The van der Waals surface area contributed by atoms with Crippen molar-refractivity contribution in [2.45, 2.75) is 18.9 Å². The Labute approximate surface area is 151 Å². The Hall–Kier alpha value is -2.48. The monoisotopic (exact) mass is 362 g/mol. The van der Waals surface area contributed by atoms with Gasteiger partial charge >= 0.3 is 6.03 Å². The Morgan fingerprint density at radius 3 is 2.54 bits per heavy atom. The first-order chi connectivity index (χ1) is 12.3. The maximum atomic E-state index is 13.2. The lowest BCUT2D eigenvalue weighted by Crippen LogP contribution is -2.45. The SMILES string of the molecule is CN1CCCN(C(=O)CN2C(=O)NC(C)(c3ccc(F)cc3)C2=O)CC1. The molecule has 3 rings (SSSR count). The van der Waals surface area contributed by atoms with E-state index in [9.17, 15) is 18.8 Å². The summed E-state index contributed by atoms with van der Waals surface area (Å²) in [6.07, 6.45) is 0.857. The molecule has 2 fully saturated rings. The molecule has 0 radical (unpaired) electrons. The molecular formula is C18H23FN4O3. The molecule has 4 amide bonds. The fourth-order valence-corrected chi connectivity index (χ4v) is 3.35. The van der Waals surface area contributed by atoms with Gasteiger partial charge in [-0.15, -0.1) is 0 Å². The molecule has 0 aromatic heterocycles. The van der Waals surface area contributed by atoms with Crippen LogP contribution in [0, 0.1) is 5.82 Å². The number of amides is 4. The largest absolute Gasteiger partial charge is 0.340 e. The van der Waals surface area contributed by atoms with E-state index in [4.69, 9.17) is 0 Å². The van der Waals surface area contributed by atoms with Crippen LogP contribution >= 0.6 is 0 Å². The zero-order valence-corrected chi connectivity index (χ0v) is 15.0. The lowest BCUT2D eigenvalue weighted by molar-refractivity contribution is -0.138. The maximum absolute atomic E-state index is 13.2. The van der Waals surface area contributed by atoms with E-state index in [0.29, 0.717) is 18.7 Å². The van der Waals surface area contributed by atoms with Crippen LogP contribution in [0.4, 0.5) is 9.18 Å². The molecule has 1 aromatic carbocycles. The summed E-state index contributed by atoms with van der Waals surface area (Å²) in [5, 5.41) is 2.63. The second kappa shape index (κ2) is 7.03. The predicted molar refractivity (Wildman–Crippen MR) is 92.7 cm³/mol. The first-order valence-electron chi connectivity index (χ1n) is 8.68. The van der Waals surface area contributed by atoms with Gasteiger partial charge in [0.05, 0.1) is 0 Å². The summed E-state index contributed by atoms with van der Waals surface area (Å²) in [5.74, 6) is -1.17. The van der Waals surface area contributed by atoms with Gasteiger partial charge < -0.3 is 15.1 Å². The van der Waals surface area contributed by atoms with Crippen molar-refractivity contribution in [2.24, 2.45) is 0 Å². The molecule has 0 spiro atoms. The maximum Gasteiger partial charge on any atom is 0.325 e. The van der Waals surface area contributed by atoms with Crippen LogP contribution in [0.1, 0.15) is 18.9 Å². The number of carbonyl (C=O) groups excluding carboxylic acids is 3. The van der Waals surface area contributed by atoms with Crippen molar-refractivity contribution in [3.63, 3.8) is 0 Å². The highest BCUT2D eigenvalue weighted by atomic mass is 19.1. The number of likely N-dealkylation sites (N-methyl/N-ethyl adjacent to an activating group) is 1. The molecule has 0 saturated carbocycles. The van der Waals surface area contributed by atoms with Crippen molar-refractivity contribution < 1.29 is 18.8 Å². The van der Waals surface area contributed by atoms with Gasteiger partial charge in [-0.05, 0) is 44.6 Å². The topological polar surface area (TPSA) is 73.0 Å². The number of carbonyl (C=O) groups is 3. The number of imide groups is 1. The summed E-state index contributed by atoms with van der Waals surface area (Å²) in [7, 11) is 2.00.